The number of carbonyl (C=O) groups excluding carboxylic acids is 4. The van der Waals surface area contributed by atoms with Gasteiger partial charge in [0.2, 0.25) is 0 Å². The Kier molecular flexibility index (Phi) is 5.60. The monoisotopic (exact) mass is 409 g/mol. The van der Waals surface area contributed by atoms with Crippen molar-refractivity contribution in [3.63, 3.8) is 0 Å². The molecule has 2 heterocycles. The fraction of sp³-hybridized carbons (Fsp3) is 0.273. The second-order valence-electron chi connectivity index (χ2n) is 7.00. The smallest absolute Gasteiger partial charge is 0.338 e. The van der Waals surface area contributed by atoms with Gasteiger partial charge in [-0.15, -0.1) is 0 Å². The van der Waals surface area contributed by atoms with Gasteiger partial charge >= 0.3 is 12.0 Å². The number of likely N-dealkylation sites (N-methyl/N-ethyl adjacent to an activating group) is 2. The number of esters is 1. The number of amides is 4. The van der Waals surface area contributed by atoms with E-state index in [0.717, 1.165) is 26.9 Å². The van der Waals surface area contributed by atoms with Crippen LogP contribution in [0.4, 0.5) is 4.79 Å². The number of nitrogens with zero attached hydrogens (tertiary/aromatic N) is 3. The van der Waals surface area contributed by atoms with E-state index >= 15 is 0 Å². The van der Waals surface area contributed by atoms with Crippen molar-refractivity contribution >= 4 is 29.9 Å². The number of urea groups is 1. The minimum atomic E-state index is -0.658. The van der Waals surface area contributed by atoms with Crippen LogP contribution >= 0.6 is 0 Å². The third-order valence-corrected chi connectivity index (χ3v) is 5.05. The highest BCUT2D eigenvalue weighted by Gasteiger charge is 2.38. The Morgan fingerprint density at radius 2 is 1.57 bits per heavy atom. The molecule has 0 atom stereocenters. The minimum absolute atomic E-state index is 0.0718. The number of ether oxygens (including phenoxy) is 1. The van der Waals surface area contributed by atoms with E-state index in [0.29, 0.717) is 17.7 Å². The Morgan fingerprint density at radius 1 is 1.00 bits per heavy atom. The van der Waals surface area contributed by atoms with Crippen molar-refractivity contribution in [1.82, 2.24) is 14.4 Å². The molecule has 1 aromatic carbocycles. The number of carbonyl (C=O) groups is 4. The summed E-state index contributed by atoms with van der Waals surface area (Å²) in [7, 11) is 2.69. The molecule has 0 N–H and O–H groups in total. The molecule has 0 aliphatic carbocycles. The molecule has 1 aliphatic rings. The summed E-state index contributed by atoms with van der Waals surface area (Å²) in [5.74, 6) is -1.65. The summed E-state index contributed by atoms with van der Waals surface area (Å²) in [6.07, 6.45) is 1.51. The predicted molar refractivity (Wildman–Crippen MR) is 110 cm³/mol. The van der Waals surface area contributed by atoms with Crippen LogP contribution in [-0.4, -0.2) is 58.9 Å². The molecule has 0 radical (unpaired) electrons. The van der Waals surface area contributed by atoms with Gasteiger partial charge in [-0.25, -0.2) is 9.59 Å². The molecule has 2 aromatic rings. The second kappa shape index (κ2) is 7.98. The van der Waals surface area contributed by atoms with Gasteiger partial charge in [-0.3, -0.25) is 19.4 Å². The summed E-state index contributed by atoms with van der Waals surface area (Å²) < 4.78 is 6.96. The van der Waals surface area contributed by atoms with Crippen molar-refractivity contribution in [3.8, 4) is 5.69 Å². The Balaban J connectivity index is 1.99. The average molecular weight is 409 g/mol. The van der Waals surface area contributed by atoms with Crippen LogP contribution in [0.15, 0.2) is 35.9 Å². The third-order valence-electron chi connectivity index (χ3n) is 5.05. The molecule has 1 aliphatic heterocycles. The molecule has 3 rings (SSSR count). The highest BCUT2D eigenvalue weighted by molar-refractivity contribution is 6.30. The van der Waals surface area contributed by atoms with Crippen molar-refractivity contribution in [3.05, 3.63) is 58.4 Å². The standard InChI is InChI=1S/C22H23N3O5/c1-6-30-21(28)15-7-9-17(10-8-15)25-13(2)11-16(14(25)3)12-18-19(26)23(4)22(29)24(5)20(18)27/h7-12H,6H2,1-5H3. The maximum atomic E-state index is 12.5. The molecule has 0 bridgehead atoms. The first-order chi connectivity index (χ1) is 14.2. The van der Waals surface area contributed by atoms with Crippen molar-refractivity contribution in [1.29, 1.82) is 0 Å². The van der Waals surface area contributed by atoms with Gasteiger partial charge in [-0.2, -0.15) is 0 Å². The van der Waals surface area contributed by atoms with Gasteiger partial charge in [0.25, 0.3) is 11.8 Å². The van der Waals surface area contributed by atoms with Crippen LogP contribution in [0, 0.1) is 13.8 Å². The normalized spacial score (nSPS) is 14.4. The van der Waals surface area contributed by atoms with Crippen LogP contribution in [0.2, 0.25) is 0 Å². The zero-order valence-corrected chi connectivity index (χ0v) is 17.6. The molecule has 1 fully saturated rings. The maximum absolute atomic E-state index is 12.5. The van der Waals surface area contributed by atoms with Crippen molar-refractivity contribution in [2.45, 2.75) is 20.8 Å². The van der Waals surface area contributed by atoms with E-state index in [1.54, 1.807) is 31.2 Å². The zero-order chi connectivity index (χ0) is 22.2. The van der Waals surface area contributed by atoms with Gasteiger partial charge in [0.05, 0.1) is 12.2 Å². The van der Waals surface area contributed by atoms with Crippen LogP contribution in [0.5, 0.6) is 0 Å². The van der Waals surface area contributed by atoms with E-state index < -0.39 is 17.8 Å². The van der Waals surface area contributed by atoms with E-state index in [-0.39, 0.29) is 11.5 Å². The number of aryl methyl sites for hydroxylation is 1. The Morgan fingerprint density at radius 3 is 2.10 bits per heavy atom. The Hall–Kier alpha value is -3.68. The number of hydrogen-bond acceptors (Lipinski definition) is 5. The summed E-state index contributed by atoms with van der Waals surface area (Å²) in [6, 6.07) is 8.19. The van der Waals surface area contributed by atoms with Crippen LogP contribution < -0.4 is 0 Å². The number of rotatable bonds is 4. The summed E-state index contributed by atoms with van der Waals surface area (Å²) in [5, 5.41) is 0. The fourth-order valence-corrected chi connectivity index (χ4v) is 3.42. The first kappa shape index (κ1) is 21.0. The number of hydrogen-bond donors (Lipinski definition) is 0. The minimum Gasteiger partial charge on any atom is -0.462 e. The quantitative estimate of drug-likeness (QED) is 0.440. The highest BCUT2D eigenvalue weighted by atomic mass is 16.5. The zero-order valence-electron chi connectivity index (χ0n) is 17.6. The summed E-state index contributed by atoms with van der Waals surface area (Å²) in [4.78, 5) is 50.5. The van der Waals surface area contributed by atoms with Crippen LogP contribution in [0.25, 0.3) is 11.8 Å². The van der Waals surface area contributed by atoms with Gasteiger partial charge in [0, 0.05) is 31.2 Å². The number of benzene rings is 1. The average Bonchev–Trinajstić information content (AvgIpc) is 3.01. The van der Waals surface area contributed by atoms with E-state index in [9.17, 15) is 19.2 Å². The Bertz CT molecular complexity index is 1050. The van der Waals surface area contributed by atoms with Crippen LogP contribution in [0.3, 0.4) is 0 Å². The molecule has 8 heteroatoms. The summed E-state index contributed by atoms with van der Waals surface area (Å²) >= 11 is 0. The molecule has 8 nitrogen and oxygen atoms in total. The fourth-order valence-electron chi connectivity index (χ4n) is 3.42. The lowest BCUT2D eigenvalue weighted by molar-refractivity contribution is -0.134. The number of aromatic nitrogens is 1. The summed E-state index contributed by atoms with van der Waals surface area (Å²) in [5.41, 5.74) is 3.60. The van der Waals surface area contributed by atoms with Gasteiger partial charge in [0.15, 0.2) is 0 Å². The molecule has 4 amide bonds. The first-order valence-electron chi connectivity index (χ1n) is 9.45. The molecular weight excluding hydrogens is 386 g/mol. The van der Waals surface area contributed by atoms with E-state index in [4.69, 9.17) is 4.74 Å². The molecule has 30 heavy (non-hydrogen) atoms. The molecular formula is C22H23N3O5. The van der Waals surface area contributed by atoms with Crippen molar-refractivity contribution < 1.29 is 23.9 Å². The number of imide groups is 2. The van der Waals surface area contributed by atoms with Crippen LogP contribution in [0.1, 0.15) is 34.2 Å². The lowest BCUT2D eigenvalue weighted by Crippen LogP contribution is -2.52. The van der Waals surface area contributed by atoms with Crippen molar-refractivity contribution in [2.75, 3.05) is 20.7 Å². The first-order valence-corrected chi connectivity index (χ1v) is 9.45. The molecule has 0 saturated carbocycles. The molecule has 0 spiro atoms. The largest absolute Gasteiger partial charge is 0.462 e. The summed E-state index contributed by atoms with van der Waals surface area (Å²) in [6.45, 7) is 5.83. The SMILES string of the molecule is CCOC(=O)c1ccc(-n2c(C)cc(C=C3C(=O)N(C)C(=O)N(C)C3=O)c2C)cc1. The molecule has 1 aromatic heterocycles. The van der Waals surface area contributed by atoms with E-state index in [2.05, 4.69) is 0 Å². The van der Waals surface area contributed by atoms with Gasteiger partial charge < -0.3 is 9.30 Å². The Labute approximate surface area is 174 Å². The third kappa shape index (κ3) is 3.52. The van der Waals surface area contributed by atoms with Gasteiger partial charge in [0.1, 0.15) is 5.57 Å². The molecule has 156 valence electrons. The van der Waals surface area contributed by atoms with Gasteiger partial charge in [-0.1, -0.05) is 0 Å². The van der Waals surface area contributed by atoms with Crippen molar-refractivity contribution in [2.24, 2.45) is 0 Å². The maximum Gasteiger partial charge on any atom is 0.338 e. The molecule has 1 saturated heterocycles. The molecule has 0 unspecified atom stereocenters. The topological polar surface area (TPSA) is 88.9 Å². The van der Waals surface area contributed by atoms with E-state index in [1.807, 2.05) is 24.5 Å². The van der Waals surface area contributed by atoms with E-state index in [1.165, 1.54) is 20.2 Å². The lowest BCUT2D eigenvalue weighted by atomic mass is 10.1. The number of barbiturate groups is 1. The highest BCUT2D eigenvalue weighted by Crippen LogP contribution is 2.25. The second-order valence-corrected chi connectivity index (χ2v) is 7.00. The predicted octanol–water partition coefficient (Wildman–Crippen LogP) is 2.70. The van der Waals surface area contributed by atoms with Gasteiger partial charge in [-0.05, 0) is 62.7 Å². The lowest BCUT2D eigenvalue weighted by Gasteiger charge is -2.28. The van der Waals surface area contributed by atoms with Crippen LogP contribution in [-0.2, 0) is 14.3 Å².